The van der Waals surface area contributed by atoms with E-state index in [-0.39, 0.29) is 34.3 Å². The van der Waals surface area contributed by atoms with Gasteiger partial charge in [0.2, 0.25) is 21.9 Å². The number of hydrogen-bond acceptors (Lipinski definition) is 9. The molecule has 2 N–H and O–H groups in total. The Labute approximate surface area is 221 Å². The van der Waals surface area contributed by atoms with E-state index in [9.17, 15) is 26.4 Å². The normalized spacial score (nSPS) is 11.8. The van der Waals surface area contributed by atoms with Gasteiger partial charge in [0.05, 0.1) is 13.4 Å². The number of aryl methyl sites for hydroxylation is 2. The van der Waals surface area contributed by atoms with Gasteiger partial charge in [-0.25, -0.2) is 27.8 Å². The molecule has 1 aromatic carbocycles. The van der Waals surface area contributed by atoms with Gasteiger partial charge in [-0.05, 0) is 49.2 Å². The molecule has 0 aliphatic heterocycles. The molecule has 0 spiro atoms. The molecule has 0 atom stereocenters. The number of benzene rings is 1. The molecule has 15 heteroatoms. The molecule has 0 bridgehead atoms. The summed E-state index contributed by atoms with van der Waals surface area (Å²) in [7, 11) is -2.67. The zero-order chi connectivity index (χ0) is 28.5. The molecule has 0 aliphatic rings. The van der Waals surface area contributed by atoms with Crippen molar-refractivity contribution >= 4 is 27.6 Å². The number of sulfonamides is 1. The van der Waals surface area contributed by atoms with Gasteiger partial charge in [0.25, 0.3) is 5.91 Å². The maximum atomic E-state index is 13.3. The van der Waals surface area contributed by atoms with Crippen LogP contribution in [0.4, 0.5) is 24.8 Å². The Bertz CT molecular complexity index is 1650. The van der Waals surface area contributed by atoms with Crippen molar-refractivity contribution in [3.05, 3.63) is 71.3 Å². The SMILES string of the molecule is COc1ncc(-c2cnc(Nc3cc(C)cc(C)c3)nc2-n2ccc(C(F)(F)F)n2)cc1C(=O)NS(C)(=O)=O. The van der Waals surface area contributed by atoms with E-state index in [0.29, 0.717) is 5.69 Å². The molecule has 0 saturated heterocycles. The van der Waals surface area contributed by atoms with Crippen LogP contribution in [0.25, 0.3) is 16.9 Å². The van der Waals surface area contributed by atoms with E-state index in [1.165, 1.54) is 25.6 Å². The number of anilines is 2. The summed E-state index contributed by atoms with van der Waals surface area (Å²) in [4.78, 5) is 25.4. The van der Waals surface area contributed by atoms with Crippen LogP contribution in [-0.4, -0.2) is 52.4 Å². The second-order valence-corrected chi connectivity index (χ2v) is 10.3. The Morgan fingerprint density at radius 3 is 2.33 bits per heavy atom. The molecular formula is C24H22F3N7O4S. The standard InChI is InChI=1S/C24H22F3N7O4S/c1-13-7-14(2)9-16(8-13)30-23-29-12-18(20(31-23)34-6-5-19(32-34)24(25,26)27)15-10-17(22(38-3)28-11-15)21(35)33-39(4,36)37/h5-12H,1-4H3,(H,33,35)(H,29,30,31). The van der Waals surface area contributed by atoms with Crippen LogP contribution in [0.1, 0.15) is 27.2 Å². The summed E-state index contributed by atoms with van der Waals surface area (Å²) in [6.07, 6.45) is -0.202. The number of hydrogen-bond donors (Lipinski definition) is 2. The lowest BCUT2D eigenvalue weighted by molar-refractivity contribution is -0.141. The summed E-state index contributed by atoms with van der Waals surface area (Å²) >= 11 is 0. The van der Waals surface area contributed by atoms with Crippen LogP contribution in [0.15, 0.2) is 48.9 Å². The van der Waals surface area contributed by atoms with Crippen molar-refractivity contribution in [2.45, 2.75) is 20.0 Å². The zero-order valence-electron chi connectivity index (χ0n) is 21.0. The van der Waals surface area contributed by atoms with E-state index >= 15 is 0 Å². The average Bonchev–Trinajstić information content (AvgIpc) is 3.33. The monoisotopic (exact) mass is 561 g/mol. The van der Waals surface area contributed by atoms with Crippen LogP contribution in [0.3, 0.4) is 0 Å². The van der Waals surface area contributed by atoms with Crippen LogP contribution in [0, 0.1) is 13.8 Å². The fourth-order valence-electron chi connectivity index (χ4n) is 3.73. The van der Waals surface area contributed by atoms with Crippen molar-refractivity contribution in [2.24, 2.45) is 0 Å². The number of carbonyl (C=O) groups is 1. The molecule has 0 radical (unpaired) electrons. The zero-order valence-corrected chi connectivity index (χ0v) is 21.8. The third-order valence-corrected chi connectivity index (χ3v) is 5.78. The third kappa shape index (κ3) is 6.49. The van der Waals surface area contributed by atoms with Gasteiger partial charge in [-0.3, -0.25) is 4.79 Å². The fraction of sp³-hybridized carbons (Fsp3) is 0.208. The molecule has 204 valence electrons. The first-order valence-electron chi connectivity index (χ1n) is 11.2. The number of pyridine rings is 1. The van der Waals surface area contributed by atoms with Gasteiger partial charge in [-0.1, -0.05) is 6.07 Å². The van der Waals surface area contributed by atoms with Crippen molar-refractivity contribution in [3.8, 4) is 22.8 Å². The van der Waals surface area contributed by atoms with E-state index in [4.69, 9.17) is 4.74 Å². The largest absolute Gasteiger partial charge is 0.480 e. The maximum Gasteiger partial charge on any atom is 0.435 e. The fourth-order valence-corrected chi connectivity index (χ4v) is 4.18. The number of ether oxygens (including phenoxy) is 1. The number of nitrogens with zero attached hydrogens (tertiary/aromatic N) is 5. The van der Waals surface area contributed by atoms with Gasteiger partial charge in [0.15, 0.2) is 11.5 Å². The van der Waals surface area contributed by atoms with Gasteiger partial charge in [-0.2, -0.15) is 23.3 Å². The Balaban J connectivity index is 1.85. The molecule has 0 saturated carbocycles. The third-order valence-electron chi connectivity index (χ3n) is 5.22. The Morgan fingerprint density at radius 2 is 1.74 bits per heavy atom. The van der Waals surface area contributed by atoms with E-state index in [2.05, 4.69) is 25.4 Å². The first-order valence-corrected chi connectivity index (χ1v) is 13.0. The van der Waals surface area contributed by atoms with Crippen LogP contribution < -0.4 is 14.8 Å². The second kappa shape index (κ2) is 10.3. The summed E-state index contributed by atoms with van der Waals surface area (Å²) in [5, 5.41) is 6.66. The minimum absolute atomic E-state index is 0.0613. The van der Waals surface area contributed by atoms with Crippen LogP contribution in [0.2, 0.25) is 0 Å². The minimum atomic E-state index is -4.70. The Kier molecular flexibility index (Phi) is 7.28. The Hall–Kier alpha value is -4.53. The van der Waals surface area contributed by atoms with Crippen LogP contribution in [0.5, 0.6) is 5.88 Å². The van der Waals surface area contributed by atoms with Gasteiger partial charge in [0, 0.05) is 35.4 Å². The molecule has 1 amide bonds. The smallest absolute Gasteiger partial charge is 0.435 e. The lowest BCUT2D eigenvalue weighted by atomic mass is 10.1. The highest BCUT2D eigenvalue weighted by atomic mass is 32.2. The number of rotatable bonds is 7. The molecule has 0 aliphatic carbocycles. The van der Waals surface area contributed by atoms with Crippen LogP contribution >= 0.6 is 0 Å². The average molecular weight is 562 g/mol. The van der Waals surface area contributed by atoms with Crippen molar-refractivity contribution in [3.63, 3.8) is 0 Å². The Morgan fingerprint density at radius 1 is 1.05 bits per heavy atom. The van der Waals surface area contributed by atoms with Gasteiger partial charge in [-0.15, -0.1) is 0 Å². The molecule has 3 heterocycles. The van der Waals surface area contributed by atoms with Crippen molar-refractivity contribution in [1.29, 1.82) is 0 Å². The highest BCUT2D eigenvalue weighted by Gasteiger charge is 2.34. The lowest BCUT2D eigenvalue weighted by Gasteiger charge is -2.14. The number of carbonyl (C=O) groups excluding carboxylic acids is 1. The number of methoxy groups -OCH3 is 1. The number of alkyl halides is 3. The van der Waals surface area contributed by atoms with E-state index in [1.54, 1.807) is 0 Å². The predicted molar refractivity (Wildman–Crippen MR) is 135 cm³/mol. The summed E-state index contributed by atoms with van der Waals surface area (Å²) in [6.45, 7) is 3.81. The summed E-state index contributed by atoms with van der Waals surface area (Å²) in [6, 6.07) is 7.72. The molecular weight excluding hydrogens is 539 g/mol. The topological polar surface area (TPSA) is 141 Å². The van der Waals surface area contributed by atoms with Gasteiger partial charge >= 0.3 is 6.18 Å². The molecule has 4 rings (SSSR count). The summed E-state index contributed by atoms with van der Waals surface area (Å²) < 4.78 is 70.9. The summed E-state index contributed by atoms with van der Waals surface area (Å²) in [5.74, 6) is -1.18. The number of aromatic nitrogens is 5. The minimum Gasteiger partial charge on any atom is -0.480 e. The van der Waals surface area contributed by atoms with Crippen molar-refractivity contribution < 1.29 is 31.1 Å². The van der Waals surface area contributed by atoms with Crippen molar-refractivity contribution in [2.75, 3.05) is 18.7 Å². The van der Waals surface area contributed by atoms with Gasteiger partial charge in [0.1, 0.15) is 5.56 Å². The molecule has 0 fully saturated rings. The maximum absolute atomic E-state index is 13.3. The molecule has 39 heavy (non-hydrogen) atoms. The molecule has 11 nitrogen and oxygen atoms in total. The van der Waals surface area contributed by atoms with E-state index in [0.717, 1.165) is 34.3 Å². The number of nitrogens with one attached hydrogen (secondary N) is 2. The molecule has 4 aromatic rings. The molecule has 0 unspecified atom stereocenters. The highest BCUT2D eigenvalue weighted by Crippen LogP contribution is 2.32. The summed E-state index contributed by atoms with van der Waals surface area (Å²) in [5.41, 5.74) is 1.57. The number of amides is 1. The van der Waals surface area contributed by atoms with E-state index < -0.39 is 27.8 Å². The molecule has 3 aromatic heterocycles. The first-order chi connectivity index (χ1) is 18.2. The van der Waals surface area contributed by atoms with E-state index in [1.807, 2.05) is 36.8 Å². The highest BCUT2D eigenvalue weighted by molar-refractivity contribution is 7.89. The second-order valence-electron chi connectivity index (χ2n) is 8.56. The van der Waals surface area contributed by atoms with Gasteiger partial charge < -0.3 is 10.1 Å². The first kappa shape index (κ1) is 27.5. The van der Waals surface area contributed by atoms with Crippen LogP contribution in [-0.2, 0) is 16.2 Å². The number of halogens is 3. The predicted octanol–water partition coefficient (Wildman–Crippen LogP) is 3.80. The van der Waals surface area contributed by atoms with Crippen molar-refractivity contribution in [1.82, 2.24) is 29.5 Å². The quantitative estimate of drug-likeness (QED) is 0.345. The lowest BCUT2D eigenvalue weighted by Crippen LogP contribution is -2.29.